The molecule has 140 valence electrons. The van der Waals surface area contributed by atoms with Crippen molar-refractivity contribution in [2.45, 2.75) is 39.5 Å². The van der Waals surface area contributed by atoms with Gasteiger partial charge in [0.15, 0.2) is 0 Å². The Labute approximate surface area is 143 Å². The highest BCUT2D eigenvalue weighted by atomic mass is 19.4. The molecule has 1 fully saturated rings. The second-order valence-electron chi connectivity index (χ2n) is 5.86. The van der Waals surface area contributed by atoms with E-state index in [1.54, 1.807) is 6.20 Å². The van der Waals surface area contributed by atoms with Gasteiger partial charge in [-0.1, -0.05) is 0 Å². The molecular weight excluding hydrogens is 339 g/mol. The van der Waals surface area contributed by atoms with Crippen LogP contribution in [0.3, 0.4) is 0 Å². The van der Waals surface area contributed by atoms with Crippen molar-refractivity contribution in [3.63, 3.8) is 0 Å². The van der Waals surface area contributed by atoms with Crippen molar-refractivity contribution in [3.8, 4) is 0 Å². The molecule has 0 atom stereocenters. The van der Waals surface area contributed by atoms with Gasteiger partial charge in [-0.3, -0.25) is 9.48 Å². The first-order chi connectivity index (χ1) is 11.7. The summed E-state index contributed by atoms with van der Waals surface area (Å²) in [5, 5.41) is 6.95. The van der Waals surface area contributed by atoms with Gasteiger partial charge in [-0.15, -0.1) is 0 Å². The second kappa shape index (κ2) is 7.75. The Balaban J connectivity index is 1.88. The number of rotatable bonds is 3. The zero-order chi connectivity index (χ0) is 18.6. The van der Waals surface area contributed by atoms with E-state index in [0.717, 1.165) is 22.7 Å². The van der Waals surface area contributed by atoms with E-state index in [9.17, 15) is 22.8 Å². The minimum absolute atomic E-state index is 0.00942. The van der Waals surface area contributed by atoms with Crippen LogP contribution in [0.5, 0.6) is 0 Å². The highest BCUT2D eigenvalue weighted by Crippen LogP contribution is 2.19. The molecule has 0 aromatic carbocycles. The third-order valence-corrected chi connectivity index (χ3v) is 4.25. The van der Waals surface area contributed by atoms with Crippen molar-refractivity contribution in [3.05, 3.63) is 17.5 Å². The molecule has 0 bridgehead atoms. The minimum atomic E-state index is -4.88. The number of amides is 3. The lowest BCUT2D eigenvalue weighted by Gasteiger charge is -2.23. The van der Waals surface area contributed by atoms with Gasteiger partial charge in [-0.2, -0.15) is 18.3 Å². The molecule has 0 aliphatic carbocycles. The number of alkyl halides is 3. The number of carbonyl (C=O) groups excluding carboxylic acids is 2. The zero-order valence-corrected chi connectivity index (χ0v) is 14.3. The van der Waals surface area contributed by atoms with Gasteiger partial charge in [0.2, 0.25) is 0 Å². The van der Waals surface area contributed by atoms with E-state index in [4.69, 9.17) is 0 Å². The van der Waals surface area contributed by atoms with E-state index in [2.05, 4.69) is 10.4 Å². The number of aryl methyl sites for hydroxylation is 1. The van der Waals surface area contributed by atoms with Crippen LogP contribution in [0.4, 0.5) is 18.0 Å². The van der Waals surface area contributed by atoms with Gasteiger partial charge >= 0.3 is 18.1 Å². The van der Waals surface area contributed by atoms with Crippen molar-refractivity contribution >= 4 is 11.9 Å². The molecule has 1 aromatic heterocycles. The fourth-order valence-corrected chi connectivity index (χ4v) is 2.76. The summed E-state index contributed by atoms with van der Waals surface area (Å²) in [6.07, 6.45) is -2.89. The number of nitrogens with zero attached hydrogens (tertiary/aromatic N) is 4. The number of nitrogens with one attached hydrogen (secondary N) is 1. The Morgan fingerprint density at radius 2 is 1.84 bits per heavy atom. The second-order valence-corrected chi connectivity index (χ2v) is 5.86. The molecule has 0 saturated carbocycles. The van der Waals surface area contributed by atoms with Crippen molar-refractivity contribution in [1.29, 1.82) is 0 Å². The molecule has 2 rings (SSSR count). The summed E-state index contributed by atoms with van der Waals surface area (Å²) in [4.78, 5) is 25.7. The molecule has 1 aliphatic rings. The van der Waals surface area contributed by atoms with Crippen LogP contribution in [-0.4, -0.2) is 63.9 Å². The van der Waals surface area contributed by atoms with Crippen LogP contribution < -0.4 is 5.32 Å². The topological polar surface area (TPSA) is 70.5 Å². The largest absolute Gasteiger partial charge is 0.471 e. The van der Waals surface area contributed by atoms with Crippen molar-refractivity contribution in [1.82, 2.24) is 24.9 Å². The monoisotopic (exact) mass is 361 g/mol. The zero-order valence-electron chi connectivity index (χ0n) is 14.3. The smallest absolute Gasteiger partial charge is 0.334 e. The van der Waals surface area contributed by atoms with Crippen LogP contribution in [0.2, 0.25) is 0 Å². The molecule has 10 heteroatoms. The lowest BCUT2D eigenvalue weighted by atomic mass is 10.2. The predicted octanol–water partition coefficient (Wildman–Crippen LogP) is 1.52. The van der Waals surface area contributed by atoms with E-state index in [1.165, 1.54) is 4.90 Å². The Bertz CT molecular complexity index is 629. The molecule has 2 heterocycles. The first-order valence-electron chi connectivity index (χ1n) is 8.14. The van der Waals surface area contributed by atoms with Gasteiger partial charge in [0.1, 0.15) is 0 Å². The van der Waals surface area contributed by atoms with Crippen LogP contribution in [0.15, 0.2) is 6.20 Å². The summed E-state index contributed by atoms with van der Waals surface area (Å²) >= 11 is 0. The Kier molecular flexibility index (Phi) is 5.91. The van der Waals surface area contributed by atoms with Gasteiger partial charge in [0, 0.05) is 50.5 Å². The lowest BCUT2D eigenvalue weighted by molar-refractivity contribution is -0.185. The molecule has 0 spiro atoms. The number of aromatic nitrogens is 2. The van der Waals surface area contributed by atoms with Gasteiger partial charge in [-0.25, -0.2) is 4.79 Å². The van der Waals surface area contributed by atoms with E-state index >= 15 is 0 Å². The Morgan fingerprint density at radius 1 is 1.20 bits per heavy atom. The molecule has 7 nitrogen and oxygen atoms in total. The molecule has 1 aromatic rings. The summed E-state index contributed by atoms with van der Waals surface area (Å²) < 4.78 is 39.3. The maximum absolute atomic E-state index is 12.5. The first kappa shape index (κ1) is 19.1. The summed E-state index contributed by atoms with van der Waals surface area (Å²) in [5.74, 6) is -1.85. The summed E-state index contributed by atoms with van der Waals surface area (Å²) in [6.45, 7) is 5.14. The predicted molar refractivity (Wildman–Crippen MR) is 83.7 cm³/mol. The Hall–Kier alpha value is -2.26. The summed E-state index contributed by atoms with van der Waals surface area (Å²) in [6, 6.07) is -0.357. The number of hydrogen-bond acceptors (Lipinski definition) is 3. The van der Waals surface area contributed by atoms with Crippen LogP contribution in [0, 0.1) is 6.92 Å². The highest BCUT2D eigenvalue weighted by Gasteiger charge is 2.42. The Morgan fingerprint density at radius 3 is 2.44 bits per heavy atom. The molecule has 0 radical (unpaired) electrons. The van der Waals surface area contributed by atoms with Crippen molar-refractivity contribution in [2.75, 3.05) is 26.2 Å². The normalized spacial score (nSPS) is 15.9. The van der Waals surface area contributed by atoms with Gasteiger partial charge in [-0.05, 0) is 20.3 Å². The molecular formula is C15H22F3N5O2. The molecule has 0 unspecified atom stereocenters. The SMILES string of the molecule is CCn1ncc(CNC(=O)N2CCCN(C(=O)C(F)(F)F)CC2)c1C. The lowest BCUT2D eigenvalue weighted by Crippen LogP contribution is -2.45. The fraction of sp³-hybridized carbons (Fsp3) is 0.667. The molecule has 1 N–H and O–H groups in total. The number of halogens is 3. The maximum atomic E-state index is 12.5. The molecule has 1 saturated heterocycles. The third-order valence-electron chi connectivity index (χ3n) is 4.25. The minimum Gasteiger partial charge on any atom is -0.334 e. The fourth-order valence-electron chi connectivity index (χ4n) is 2.76. The van der Waals surface area contributed by atoms with E-state index in [0.29, 0.717) is 19.5 Å². The molecule has 1 aliphatic heterocycles. The summed E-state index contributed by atoms with van der Waals surface area (Å²) in [7, 11) is 0. The van der Waals surface area contributed by atoms with Crippen LogP contribution >= 0.6 is 0 Å². The summed E-state index contributed by atoms with van der Waals surface area (Å²) in [5.41, 5.74) is 1.85. The number of carbonyl (C=O) groups is 2. The number of hydrogen-bond donors (Lipinski definition) is 1. The van der Waals surface area contributed by atoms with Gasteiger partial charge < -0.3 is 15.1 Å². The quantitative estimate of drug-likeness (QED) is 0.887. The standard InChI is InChI=1S/C15H22F3N5O2/c1-3-23-11(2)12(10-20-23)9-19-14(25)22-6-4-5-21(7-8-22)13(24)15(16,17)18/h10H,3-9H2,1-2H3,(H,19,25). The van der Waals surface area contributed by atoms with Crippen LogP contribution in [-0.2, 0) is 17.9 Å². The maximum Gasteiger partial charge on any atom is 0.471 e. The van der Waals surface area contributed by atoms with E-state index in [-0.39, 0.29) is 25.7 Å². The highest BCUT2D eigenvalue weighted by molar-refractivity contribution is 5.82. The van der Waals surface area contributed by atoms with Gasteiger partial charge in [0.25, 0.3) is 0 Å². The average Bonchev–Trinajstić information content (AvgIpc) is 2.76. The van der Waals surface area contributed by atoms with E-state index < -0.39 is 12.1 Å². The van der Waals surface area contributed by atoms with Gasteiger partial charge in [0.05, 0.1) is 6.20 Å². The van der Waals surface area contributed by atoms with Crippen LogP contribution in [0.1, 0.15) is 24.6 Å². The van der Waals surface area contributed by atoms with Crippen molar-refractivity contribution < 1.29 is 22.8 Å². The number of urea groups is 1. The molecule has 25 heavy (non-hydrogen) atoms. The first-order valence-corrected chi connectivity index (χ1v) is 8.14. The van der Waals surface area contributed by atoms with Crippen LogP contribution in [0.25, 0.3) is 0 Å². The third kappa shape index (κ3) is 4.64. The van der Waals surface area contributed by atoms with E-state index in [1.807, 2.05) is 18.5 Å². The van der Waals surface area contributed by atoms with Crippen molar-refractivity contribution in [2.24, 2.45) is 0 Å². The average molecular weight is 361 g/mol. The molecule has 3 amide bonds.